The first kappa shape index (κ1) is 13.9. The highest BCUT2D eigenvalue weighted by Gasteiger charge is 2.26. The van der Waals surface area contributed by atoms with Gasteiger partial charge in [-0.3, -0.25) is 0 Å². The second-order valence-corrected chi connectivity index (χ2v) is 5.81. The molecule has 0 amide bonds. The molecular formula is C13H23N3OS. The molecule has 2 N–H and O–H groups in total. The van der Waals surface area contributed by atoms with Crippen LogP contribution in [0, 0.1) is 12.8 Å². The van der Waals surface area contributed by atoms with Crippen LogP contribution in [0.3, 0.4) is 0 Å². The van der Waals surface area contributed by atoms with E-state index in [1.54, 1.807) is 11.3 Å². The summed E-state index contributed by atoms with van der Waals surface area (Å²) < 4.78 is 5.56. The molecule has 102 valence electrons. The Balaban J connectivity index is 1.69. The van der Waals surface area contributed by atoms with Gasteiger partial charge < -0.3 is 15.4 Å². The summed E-state index contributed by atoms with van der Waals surface area (Å²) in [6.07, 6.45) is 1.18. The molecule has 5 heteroatoms. The Kier molecular flexibility index (Phi) is 5.56. The lowest BCUT2D eigenvalue weighted by molar-refractivity contribution is 0.182. The molecule has 18 heavy (non-hydrogen) atoms. The Morgan fingerprint density at radius 1 is 1.50 bits per heavy atom. The van der Waals surface area contributed by atoms with E-state index in [4.69, 9.17) is 4.74 Å². The Bertz CT molecular complexity index is 356. The van der Waals surface area contributed by atoms with Crippen LogP contribution < -0.4 is 10.6 Å². The van der Waals surface area contributed by atoms with E-state index in [2.05, 4.69) is 27.9 Å². The predicted octanol–water partition coefficient (Wildman–Crippen LogP) is 1.56. The Morgan fingerprint density at radius 2 is 2.39 bits per heavy atom. The number of rotatable bonds is 7. The van der Waals surface area contributed by atoms with Crippen molar-refractivity contribution in [2.24, 2.45) is 5.92 Å². The number of ether oxygens (including phenoxy) is 1. The van der Waals surface area contributed by atoms with Gasteiger partial charge in [-0.15, -0.1) is 11.3 Å². The Hall–Kier alpha value is -0.490. The minimum Gasteiger partial charge on any atom is -0.379 e. The second kappa shape index (κ2) is 7.19. The molecule has 1 aromatic rings. The molecule has 1 aliphatic rings. The lowest BCUT2D eigenvalue weighted by Gasteiger charge is -2.18. The fourth-order valence-electron chi connectivity index (χ4n) is 2.20. The van der Waals surface area contributed by atoms with Gasteiger partial charge in [0.1, 0.15) is 5.01 Å². The van der Waals surface area contributed by atoms with E-state index < -0.39 is 0 Å². The molecule has 0 spiro atoms. The lowest BCUT2D eigenvalue weighted by Crippen LogP contribution is -2.40. The largest absolute Gasteiger partial charge is 0.379 e. The molecule has 4 nitrogen and oxygen atoms in total. The monoisotopic (exact) mass is 269 g/mol. The van der Waals surface area contributed by atoms with E-state index in [1.807, 2.05) is 6.92 Å². The van der Waals surface area contributed by atoms with E-state index in [9.17, 15) is 0 Å². The highest BCUT2D eigenvalue weighted by atomic mass is 32.1. The van der Waals surface area contributed by atoms with E-state index in [0.29, 0.717) is 12.0 Å². The van der Waals surface area contributed by atoms with E-state index in [1.165, 1.54) is 11.4 Å². The average molecular weight is 269 g/mol. The van der Waals surface area contributed by atoms with Crippen LogP contribution >= 0.6 is 11.3 Å². The van der Waals surface area contributed by atoms with Gasteiger partial charge in [-0.25, -0.2) is 4.98 Å². The average Bonchev–Trinajstić information content (AvgIpc) is 2.96. The van der Waals surface area contributed by atoms with Crippen LogP contribution in [-0.4, -0.2) is 37.3 Å². The van der Waals surface area contributed by atoms with Crippen molar-refractivity contribution in [1.29, 1.82) is 0 Å². The second-order valence-electron chi connectivity index (χ2n) is 4.87. The fraction of sp³-hybridized carbons (Fsp3) is 0.769. The van der Waals surface area contributed by atoms with Crippen molar-refractivity contribution in [1.82, 2.24) is 15.6 Å². The highest BCUT2D eigenvalue weighted by molar-refractivity contribution is 7.09. The van der Waals surface area contributed by atoms with Crippen molar-refractivity contribution < 1.29 is 4.74 Å². The minimum absolute atomic E-state index is 0.510. The van der Waals surface area contributed by atoms with E-state index >= 15 is 0 Å². The van der Waals surface area contributed by atoms with Gasteiger partial charge in [0.15, 0.2) is 0 Å². The molecule has 0 aromatic carbocycles. The quantitative estimate of drug-likeness (QED) is 0.788. The highest BCUT2D eigenvalue weighted by Crippen LogP contribution is 2.13. The van der Waals surface area contributed by atoms with Crippen LogP contribution in [0.4, 0.5) is 0 Å². The van der Waals surface area contributed by atoms with Crippen molar-refractivity contribution in [3.63, 3.8) is 0 Å². The summed E-state index contributed by atoms with van der Waals surface area (Å²) in [6.45, 7) is 8.90. The first-order chi connectivity index (χ1) is 8.79. The van der Waals surface area contributed by atoms with Crippen LogP contribution in [-0.2, 0) is 11.3 Å². The van der Waals surface area contributed by atoms with Crippen molar-refractivity contribution in [2.75, 3.05) is 26.3 Å². The number of aryl methyl sites for hydroxylation is 1. The van der Waals surface area contributed by atoms with Crippen molar-refractivity contribution in [3.8, 4) is 0 Å². The molecule has 0 saturated carbocycles. The van der Waals surface area contributed by atoms with Gasteiger partial charge in [0.2, 0.25) is 0 Å². The molecule has 0 bridgehead atoms. The third-order valence-electron chi connectivity index (χ3n) is 3.20. The molecule has 2 unspecified atom stereocenters. The van der Waals surface area contributed by atoms with Gasteiger partial charge in [-0.1, -0.05) is 6.92 Å². The number of nitrogens with one attached hydrogen (secondary N) is 2. The van der Waals surface area contributed by atoms with Gasteiger partial charge in [0.05, 0.1) is 13.2 Å². The maximum atomic E-state index is 5.56. The van der Waals surface area contributed by atoms with Crippen LogP contribution in [0.2, 0.25) is 0 Å². The number of hydrogen-bond donors (Lipinski definition) is 2. The van der Waals surface area contributed by atoms with Crippen LogP contribution in [0.15, 0.2) is 5.38 Å². The maximum Gasteiger partial charge on any atom is 0.107 e. The number of thiazole rings is 1. The maximum absolute atomic E-state index is 5.56. The zero-order valence-corrected chi connectivity index (χ0v) is 12.1. The molecule has 0 radical (unpaired) electrons. The number of aromatic nitrogens is 1. The summed E-state index contributed by atoms with van der Waals surface area (Å²) in [7, 11) is 0. The van der Waals surface area contributed by atoms with Gasteiger partial charge in [0.25, 0.3) is 0 Å². The van der Waals surface area contributed by atoms with Crippen molar-refractivity contribution in [2.45, 2.75) is 32.9 Å². The van der Waals surface area contributed by atoms with E-state index in [0.717, 1.165) is 38.5 Å². The molecule has 2 atom stereocenters. The van der Waals surface area contributed by atoms with Gasteiger partial charge in [-0.2, -0.15) is 0 Å². The summed E-state index contributed by atoms with van der Waals surface area (Å²) >= 11 is 1.73. The summed E-state index contributed by atoms with van der Waals surface area (Å²) in [4.78, 5) is 4.45. The van der Waals surface area contributed by atoms with E-state index in [-0.39, 0.29) is 0 Å². The third kappa shape index (κ3) is 4.02. The SMILES string of the molecule is CCCNC1COCC1CNCc1nc(C)cs1. The zero-order chi connectivity index (χ0) is 12.8. The molecule has 2 heterocycles. The van der Waals surface area contributed by atoms with Crippen molar-refractivity contribution in [3.05, 3.63) is 16.1 Å². The van der Waals surface area contributed by atoms with Crippen LogP contribution in [0.25, 0.3) is 0 Å². The number of hydrogen-bond acceptors (Lipinski definition) is 5. The van der Waals surface area contributed by atoms with Crippen molar-refractivity contribution >= 4 is 11.3 Å². The Morgan fingerprint density at radius 3 is 3.11 bits per heavy atom. The standard InChI is InChI=1S/C13H23N3OS/c1-3-4-15-12-8-17-7-11(12)5-14-6-13-16-10(2)9-18-13/h9,11-12,14-15H,3-8H2,1-2H3. The summed E-state index contributed by atoms with van der Waals surface area (Å²) in [6, 6.07) is 0.510. The third-order valence-corrected chi connectivity index (χ3v) is 4.17. The molecule has 1 aliphatic heterocycles. The topological polar surface area (TPSA) is 46.2 Å². The zero-order valence-electron chi connectivity index (χ0n) is 11.2. The summed E-state index contributed by atoms with van der Waals surface area (Å²) in [5.74, 6) is 0.581. The molecule has 2 rings (SSSR count). The fourth-order valence-corrected chi connectivity index (χ4v) is 2.94. The summed E-state index contributed by atoms with van der Waals surface area (Å²) in [5.41, 5.74) is 1.11. The molecule has 0 aliphatic carbocycles. The molecule has 1 aromatic heterocycles. The molecular weight excluding hydrogens is 246 g/mol. The predicted molar refractivity (Wildman–Crippen MR) is 74.9 cm³/mol. The van der Waals surface area contributed by atoms with Gasteiger partial charge in [0, 0.05) is 36.1 Å². The first-order valence-electron chi connectivity index (χ1n) is 6.72. The molecule has 1 saturated heterocycles. The summed E-state index contributed by atoms with van der Waals surface area (Å²) in [5, 5.41) is 10.3. The lowest BCUT2D eigenvalue weighted by atomic mass is 10.0. The minimum atomic E-state index is 0.510. The van der Waals surface area contributed by atoms with Crippen LogP contribution in [0.1, 0.15) is 24.0 Å². The number of nitrogens with zero attached hydrogens (tertiary/aromatic N) is 1. The smallest absolute Gasteiger partial charge is 0.107 e. The first-order valence-corrected chi connectivity index (χ1v) is 7.60. The van der Waals surface area contributed by atoms with Crippen LogP contribution in [0.5, 0.6) is 0 Å². The normalized spacial score (nSPS) is 23.7. The molecule has 1 fully saturated rings. The van der Waals surface area contributed by atoms with Gasteiger partial charge >= 0.3 is 0 Å². The van der Waals surface area contributed by atoms with Gasteiger partial charge in [-0.05, 0) is 19.9 Å². The Labute approximate surface area is 113 Å².